The smallest absolute Gasteiger partial charge is 0.394 e. The van der Waals surface area contributed by atoms with Gasteiger partial charge in [-0.15, -0.1) is 0 Å². The SMILES string of the molecule is C[C@H](CO)Nc1nc(Nc2ccccc2C#N)cc(C(F)(F)F)n1. The summed E-state index contributed by atoms with van der Waals surface area (Å²) in [6.07, 6.45) is -4.66. The summed E-state index contributed by atoms with van der Waals surface area (Å²) in [4.78, 5) is 7.37. The molecule has 0 aliphatic heterocycles. The lowest BCUT2D eigenvalue weighted by Crippen LogP contribution is -2.22. The maximum absolute atomic E-state index is 13.0. The Kier molecular flexibility index (Phi) is 5.21. The molecule has 0 unspecified atom stereocenters. The van der Waals surface area contributed by atoms with E-state index in [0.29, 0.717) is 5.69 Å². The van der Waals surface area contributed by atoms with Crippen molar-refractivity contribution in [2.24, 2.45) is 0 Å². The fourth-order valence-electron chi connectivity index (χ4n) is 1.81. The van der Waals surface area contributed by atoms with Crippen molar-refractivity contribution in [3.63, 3.8) is 0 Å². The molecule has 0 bridgehead atoms. The third-order valence-corrected chi connectivity index (χ3v) is 2.98. The number of rotatable bonds is 5. The van der Waals surface area contributed by atoms with Gasteiger partial charge in [-0.3, -0.25) is 0 Å². The summed E-state index contributed by atoms with van der Waals surface area (Å²) < 4.78 is 39.0. The number of halogens is 3. The van der Waals surface area contributed by atoms with Crippen LogP contribution in [0.1, 0.15) is 18.2 Å². The van der Waals surface area contributed by atoms with E-state index >= 15 is 0 Å². The van der Waals surface area contributed by atoms with Crippen LogP contribution in [0.15, 0.2) is 30.3 Å². The van der Waals surface area contributed by atoms with Crippen LogP contribution >= 0.6 is 0 Å². The molecule has 1 heterocycles. The summed E-state index contributed by atoms with van der Waals surface area (Å²) in [5.41, 5.74) is -0.544. The fraction of sp³-hybridized carbons (Fsp3) is 0.267. The number of alkyl halides is 3. The average Bonchev–Trinajstić information content (AvgIpc) is 2.54. The zero-order chi connectivity index (χ0) is 17.7. The molecule has 24 heavy (non-hydrogen) atoms. The van der Waals surface area contributed by atoms with E-state index in [-0.39, 0.29) is 23.9 Å². The molecule has 1 aromatic carbocycles. The maximum atomic E-state index is 13.0. The lowest BCUT2D eigenvalue weighted by atomic mass is 10.2. The predicted molar refractivity (Wildman–Crippen MR) is 81.6 cm³/mol. The van der Waals surface area contributed by atoms with Crippen LogP contribution in [0.4, 0.5) is 30.6 Å². The zero-order valence-corrected chi connectivity index (χ0v) is 12.6. The van der Waals surface area contributed by atoms with Crippen molar-refractivity contribution in [2.75, 3.05) is 17.2 Å². The minimum atomic E-state index is -4.66. The van der Waals surface area contributed by atoms with E-state index in [1.807, 2.05) is 6.07 Å². The number of nitrogens with one attached hydrogen (secondary N) is 2. The largest absolute Gasteiger partial charge is 0.433 e. The van der Waals surface area contributed by atoms with Gasteiger partial charge < -0.3 is 15.7 Å². The lowest BCUT2D eigenvalue weighted by molar-refractivity contribution is -0.141. The first-order valence-electron chi connectivity index (χ1n) is 6.93. The van der Waals surface area contributed by atoms with E-state index in [2.05, 4.69) is 20.6 Å². The normalized spacial score (nSPS) is 12.3. The third-order valence-electron chi connectivity index (χ3n) is 2.98. The number of aliphatic hydroxyl groups excluding tert-OH is 1. The Balaban J connectivity index is 2.41. The van der Waals surface area contributed by atoms with Crippen LogP contribution in [-0.2, 0) is 6.18 Å². The van der Waals surface area contributed by atoms with Gasteiger partial charge in [-0.1, -0.05) is 12.1 Å². The van der Waals surface area contributed by atoms with Gasteiger partial charge in [-0.05, 0) is 19.1 Å². The second-order valence-electron chi connectivity index (χ2n) is 4.97. The highest BCUT2D eigenvalue weighted by molar-refractivity contribution is 5.65. The second-order valence-corrected chi connectivity index (χ2v) is 4.97. The summed E-state index contributed by atoms with van der Waals surface area (Å²) in [6, 6.07) is 8.53. The molecule has 0 fully saturated rings. The van der Waals surface area contributed by atoms with Gasteiger partial charge in [-0.2, -0.15) is 23.4 Å². The molecule has 0 aliphatic carbocycles. The summed E-state index contributed by atoms with van der Waals surface area (Å²) >= 11 is 0. The molecule has 0 saturated heterocycles. The van der Waals surface area contributed by atoms with E-state index < -0.39 is 17.9 Å². The summed E-state index contributed by atoms with van der Waals surface area (Å²) in [6.45, 7) is 1.28. The molecule has 1 atom stereocenters. The summed E-state index contributed by atoms with van der Waals surface area (Å²) in [5.74, 6) is -0.393. The Labute approximate surface area is 136 Å². The van der Waals surface area contributed by atoms with Crippen LogP contribution in [0.5, 0.6) is 0 Å². The van der Waals surface area contributed by atoms with E-state index in [1.165, 1.54) is 6.07 Å². The number of para-hydroxylation sites is 1. The minimum absolute atomic E-state index is 0.118. The number of aromatic nitrogens is 2. The molecular weight excluding hydrogens is 323 g/mol. The number of hydrogen-bond donors (Lipinski definition) is 3. The van der Waals surface area contributed by atoms with Crippen molar-refractivity contribution in [1.29, 1.82) is 5.26 Å². The van der Waals surface area contributed by atoms with Crippen LogP contribution < -0.4 is 10.6 Å². The molecule has 0 spiro atoms. The number of hydrogen-bond acceptors (Lipinski definition) is 6. The molecule has 9 heteroatoms. The Morgan fingerprint density at radius 1 is 1.29 bits per heavy atom. The van der Waals surface area contributed by atoms with Gasteiger partial charge in [0.25, 0.3) is 0 Å². The van der Waals surface area contributed by atoms with Gasteiger partial charge in [0.1, 0.15) is 11.9 Å². The van der Waals surface area contributed by atoms with Crippen LogP contribution in [0.25, 0.3) is 0 Å². The number of aliphatic hydroxyl groups is 1. The van der Waals surface area contributed by atoms with Gasteiger partial charge in [-0.25, -0.2) is 4.98 Å². The molecule has 126 valence electrons. The molecule has 1 aromatic heterocycles. The molecule has 0 radical (unpaired) electrons. The Morgan fingerprint density at radius 3 is 2.62 bits per heavy atom. The van der Waals surface area contributed by atoms with Crippen LogP contribution in [-0.4, -0.2) is 27.7 Å². The highest BCUT2D eigenvalue weighted by Crippen LogP contribution is 2.30. The van der Waals surface area contributed by atoms with Crippen molar-refractivity contribution >= 4 is 17.5 Å². The molecule has 0 saturated carbocycles. The molecule has 2 rings (SSSR count). The van der Waals surface area contributed by atoms with Crippen molar-refractivity contribution in [3.05, 3.63) is 41.6 Å². The first-order chi connectivity index (χ1) is 11.3. The molecular formula is C15H14F3N5O. The van der Waals surface area contributed by atoms with Gasteiger partial charge in [0.2, 0.25) is 5.95 Å². The highest BCUT2D eigenvalue weighted by Gasteiger charge is 2.34. The Hall–Kier alpha value is -2.86. The van der Waals surface area contributed by atoms with Crippen LogP contribution in [0.2, 0.25) is 0 Å². The standard InChI is InChI=1S/C15H14F3N5O/c1-9(8-24)20-14-22-12(15(16,17)18)6-13(23-14)21-11-5-3-2-4-10(11)7-19/h2-6,9,24H,8H2,1H3,(H2,20,21,22,23)/t9-/m1/s1. The van der Waals surface area contributed by atoms with Crippen molar-refractivity contribution in [1.82, 2.24) is 9.97 Å². The van der Waals surface area contributed by atoms with E-state index in [9.17, 15) is 13.2 Å². The minimum Gasteiger partial charge on any atom is -0.394 e. The average molecular weight is 337 g/mol. The van der Waals surface area contributed by atoms with Gasteiger partial charge in [0, 0.05) is 12.1 Å². The van der Waals surface area contributed by atoms with Gasteiger partial charge >= 0.3 is 6.18 Å². The van der Waals surface area contributed by atoms with Gasteiger partial charge in [0.15, 0.2) is 5.69 Å². The Bertz CT molecular complexity index is 758. The number of nitriles is 1. The summed E-state index contributed by atoms with van der Waals surface area (Å²) in [7, 11) is 0. The van der Waals surface area contributed by atoms with Crippen LogP contribution in [0.3, 0.4) is 0 Å². The topological polar surface area (TPSA) is 93.9 Å². The Morgan fingerprint density at radius 2 is 2.00 bits per heavy atom. The zero-order valence-electron chi connectivity index (χ0n) is 12.6. The molecule has 0 amide bonds. The van der Waals surface area contributed by atoms with E-state index in [1.54, 1.807) is 25.1 Å². The molecule has 6 nitrogen and oxygen atoms in total. The van der Waals surface area contributed by atoms with Crippen molar-refractivity contribution in [2.45, 2.75) is 19.1 Å². The third kappa shape index (κ3) is 4.33. The first-order valence-corrected chi connectivity index (χ1v) is 6.93. The highest BCUT2D eigenvalue weighted by atomic mass is 19.4. The van der Waals surface area contributed by atoms with Crippen molar-refractivity contribution in [3.8, 4) is 6.07 Å². The molecule has 2 aromatic rings. The predicted octanol–water partition coefficient (Wildman–Crippen LogP) is 2.90. The van der Waals surface area contributed by atoms with E-state index in [4.69, 9.17) is 10.4 Å². The van der Waals surface area contributed by atoms with Crippen molar-refractivity contribution < 1.29 is 18.3 Å². The summed E-state index contributed by atoms with van der Waals surface area (Å²) in [5, 5.41) is 23.3. The quantitative estimate of drug-likeness (QED) is 0.777. The number of benzene rings is 1. The second kappa shape index (κ2) is 7.14. The maximum Gasteiger partial charge on any atom is 0.433 e. The molecule has 3 N–H and O–H groups in total. The first kappa shape index (κ1) is 17.5. The monoisotopic (exact) mass is 337 g/mol. The van der Waals surface area contributed by atoms with E-state index in [0.717, 1.165) is 6.07 Å². The van der Waals surface area contributed by atoms with Gasteiger partial charge in [0.05, 0.1) is 17.9 Å². The lowest BCUT2D eigenvalue weighted by Gasteiger charge is -2.15. The number of anilines is 3. The fourth-order valence-corrected chi connectivity index (χ4v) is 1.81. The van der Waals surface area contributed by atoms with Crippen LogP contribution in [0, 0.1) is 11.3 Å². The molecule has 0 aliphatic rings. The number of nitrogens with zero attached hydrogens (tertiary/aromatic N) is 3.